The monoisotopic (exact) mass is 366 g/mol. The van der Waals surface area contributed by atoms with E-state index in [4.69, 9.17) is 0 Å². The quantitative estimate of drug-likeness (QED) is 0.510. The minimum absolute atomic E-state index is 0.990. The van der Waals surface area contributed by atoms with E-state index in [1.54, 1.807) is 10.9 Å². The Balaban J connectivity index is 1.81. The first-order valence-electron chi connectivity index (χ1n) is 10.9. The second kappa shape index (κ2) is 8.26. The van der Waals surface area contributed by atoms with Crippen molar-refractivity contribution in [3.8, 4) is 11.1 Å². The van der Waals surface area contributed by atoms with Crippen LogP contribution in [-0.4, -0.2) is 18.0 Å². The molecule has 0 nitrogen and oxygen atoms in total. The molecule has 0 aromatic heterocycles. The first-order valence-corrected chi connectivity index (χ1v) is 13.6. The fourth-order valence-electron chi connectivity index (χ4n) is 6.00. The van der Waals surface area contributed by atoms with Gasteiger partial charge in [0.25, 0.3) is 0 Å². The first-order chi connectivity index (χ1) is 12.8. The van der Waals surface area contributed by atoms with Gasteiger partial charge in [0.15, 0.2) is 0 Å². The van der Waals surface area contributed by atoms with Gasteiger partial charge >= 0.3 is 160 Å². The van der Waals surface area contributed by atoms with Gasteiger partial charge in [-0.2, -0.15) is 0 Å². The van der Waals surface area contributed by atoms with Crippen LogP contribution in [0, 0.1) is 0 Å². The van der Waals surface area contributed by atoms with Crippen molar-refractivity contribution in [1.29, 1.82) is 0 Å². The summed E-state index contributed by atoms with van der Waals surface area (Å²) in [6.45, 7) is 2.78. The molecular weight excluding hydrogens is 331 g/mol. The third-order valence-corrected chi connectivity index (χ3v) is 13.6. The molecule has 2 fully saturated rings. The van der Waals surface area contributed by atoms with Gasteiger partial charge in [-0.05, 0) is 0 Å². The van der Waals surface area contributed by atoms with Gasteiger partial charge in [0.2, 0.25) is 0 Å². The van der Waals surface area contributed by atoms with E-state index in [2.05, 4.69) is 61.3 Å². The predicted octanol–water partition coefficient (Wildman–Crippen LogP) is 7.02. The SMILES string of the molecule is C[PH](c1ccccc1-c1ccccc1)(C1CCCCC1)C1CCCCC1. The number of hydrogen-bond donors (Lipinski definition) is 0. The molecule has 4 rings (SSSR count). The Kier molecular flexibility index (Phi) is 5.80. The van der Waals surface area contributed by atoms with Crippen LogP contribution in [0.2, 0.25) is 0 Å². The molecule has 0 atom stereocenters. The van der Waals surface area contributed by atoms with Gasteiger partial charge in [-0.15, -0.1) is 0 Å². The molecule has 0 radical (unpaired) electrons. The molecular formula is C25H35P. The van der Waals surface area contributed by atoms with Crippen molar-refractivity contribution < 1.29 is 0 Å². The number of hydrogen-bond acceptors (Lipinski definition) is 0. The standard InChI is InChI=1S/C25H35P/c1-26(22-15-7-3-8-16-22,23-17-9-4-10-18-23)25-20-12-11-19-24(25)21-13-5-2-6-14-21/h2,5-6,11-14,19-20,22-23,26H,3-4,7-10,15-18H2,1H3. The Bertz CT molecular complexity index is 675. The zero-order valence-electron chi connectivity index (χ0n) is 16.4. The van der Waals surface area contributed by atoms with Crippen molar-refractivity contribution in [2.45, 2.75) is 75.5 Å². The Labute approximate surface area is 160 Å². The summed E-state index contributed by atoms with van der Waals surface area (Å²) >= 11 is 0. The summed E-state index contributed by atoms with van der Waals surface area (Å²) in [5.74, 6) is 0. The molecule has 0 bridgehead atoms. The topological polar surface area (TPSA) is 0 Å². The minimum atomic E-state index is -1.55. The average Bonchev–Trinajstić information content (AvgIpc) is 2.75. The number of rotatable bonds is 4. The van der Waals surface area contributed by atoms with Crippen LogP contribution < -0.4 is 5.30 Å². The Hall–Kier alpha value is -1.13. The van der Waals surface area contributed by atoms with Crippen LogP contribution in [0.4, 0.5) is 0 Å². The summed E-state index contributed by atoms with van der Waals surface area (Å²) in [5.41, 5.74) is 4.94. The molecule has 2 aliphatic rings. The molecule has 2 saturated carbocycles. The van der Waals surface area contributed by atoms with Gasteiger partial charge < -0.3 is 0 Å². The van der Waals surface area contributed by atoms with Gasteiger partial charge in [0.05, 0.1) is 0 Å². The van der Waals surface area contributed by atoms with E-state index in [0.29, 0.717) is 0 Å². The molecule has 2 aliphatic carbocycles. The summed E-state index contributed by atoms with van der Waals surface area (Å²) in [5, 5.41) is 1.77. The van der Waals surface area contributed by atoms with Gasteiger partial charge in [-0.3, -0.25) is 0 Å². The summed E-state index contributed by atoms with van der Waals surface area (Å²) in [6, 6.07) is 20.7. The molecule has 0 aliphatic heterocycles. The zero-order valence-corrected chi connectivity index (χ0v) is 17.4. The third-order valence-electron chi connectivity index (χ3n) is 7.50. The molecule has 140 valence electrons. The van der Waals surface area contributed by atoms with E-state index in [1.165, 1.54) is 69.8 Å². The van der Waals surface area contributed by atoms with Crippen molar-refractivity contribution in [2.24, 2.45) is 0 Å². The van der Waals surface area contributed by atoms with Crippen LogP contribution in [0.3, 0.4) is 0 Å². The molecule has 26 heavy (non-hydrogen) atoms. The summed E-state index contributed by atoms with van der Waals surface area (Å²) in [4.78, 5) is 0. The molecule has 0 unspecified atom stereocenters. The van der Waals surface area contributed by atoms with Crippen molar-refractivity contribution in [3.63, 3.8) is 0 Å². The molecule has 1 heteroatoms. The fourth-order valence-corrected chi connectivity index (χ4v) is 12.0. The second-order valence-electron chi connectivity index (χ2n) is 8.86. The second-order valence-corrected chi connectivity index (χ2v) is 13.6. The van der Waals surface area contributed by atoms with Crippen LogP contribution in [0.5, 0.6) is 0 Å². The van der Waals surface area contributed by atoms with E-state index in [1.807, 2.05) is 0 Å². The van der Waals surface area contributed by atoms with Gasteiger partial charge in [-0.1, -0.05) is 0 Å². The number of benzene rings is 2. The molecule has 2 aromatic carbocycles. The van der Waals surface area contributed by atoms with Crippen LogP contribution in [0.1, 0.15) is 64.2 Å². The van der Waals surface area contributed by atoms with Gasteiger partial charge in [0.1, 0.15) is 0 Å². The maximum absolute atomic E-state index is 2.78. The molecule has 0 spiro atoms. The molecule has 0 heterocycles. The van der Waals surface area contributed by atoms with E-state index in [-0.39, 0.29) is 0 Å². The van der Waals surface area contributed by atoms with Crippen molar-refractivity contribution in [3.05, 3.63) is 54.6 Å². The van der Waals surface area contributed by atoms with Gasteiger partial charge in [0, 0.05) is 0 Å². The molecule has 0 amide bonds. The van der Waals surface area contributed by atoms with Crippen molar-refractivity contribution in [1.82, 2.24) is 0 Å². The van der Waals surface area contributed by atoms with Gasteiger partial charge in [-0.25, -0.2) is 0 Å². The van der Waals surface area contributed by atoms with E-state index in [9.17, 15) is 0 Å². The summed E-state index contributed by atoms with van der Waals surface area (Å²) < 4.78 is 0. The average molecular weight is 367 g/mol. The maximum atomic E-state index is 2.78. The molecule has 0 N–H and O–H groups in total. The fraction of sp³-hybridized carbons (Fsp3) is 0.520. The van der Waals surface area contributed by atoms with E-state index < -0.39 is 7.26 Å². The van der Waals surface area contributed by atoms with Crippen LogP contribution in [-0.2, 0) is 0 Å². The van der Waals surface area contributed by atoms with Crippen molar-refractivity contribution in [2.75, 3.05) is 6.66 Å². The van der Waals surface area contributed by atoms with Crippen molar-refractivity contribution >= 4 is 12.6 Å². The Morgan fingerprint density at radius 2 is 1.12 bits per heavy atom. The van der Waals surface area contributed by atoms with E-state index in [0.717, 1.165) is 11.3 Å². The Morgan fingerprint density at radius 3 is 1.69 bits per heavy atom. The predicted molar refractivity (Wildman–Crippen MR) is 119 cm³/mol. The van der Waals surface area contributed by atoms with E-state index >= 15 is 0 Å². The Morgan fingerprint density at radius 1 is 0.615 bits per heavy atom. The van der Waals surface area contributed by atoms with Crippen LogP contribution in [0.15, 0.2) is 54.6 Å². The first kappa shape index (κ1) is 18.2. The zero-order chi connectivity index (χ0) is 17.8. The summed E-state index contributed by atoms with van der Waals surface area (Å²) in [6.07, 6.45) is 14.7. The third kappa shape index (κ3) is 3.50. The summed E-state index contributed by atoms with van der Waals surface area (Å²) in [7, 11) is -1.55. The van der Waals surface area contributed by atoms with Crippen LogP contribution >= 0.6 is 7.26 Å². The normalized spacial score (nSPS) is 20.8. The molecule has 0 saturated heterocycles. The molecule has 2 aromatic rings. The van der Waals surface area contributed by atoms with Crippen LogP contribution in [0.25, 0.3) is 11.1 Å².